The Kier molecular flexibility index (Phi) is 15.4. The van der Waals surface area contributed by atoms with Gasteiger partial charge in [0.1, 0.15) is 36.0 Å². The maximum atomic E-state index is 14.3. The van der Waals surface area contributed by atoms with Crippen molar-refractivity contribution in [3.05, 3.63) is 141 Å². The van der Waals surface area contributed by atoms with Gasteiger partial charge in [-0.3, -0.25) is 9.59 Å². The Balaban J connectivity index is 0.738. The number of benzene rings is 4. The van der Waals surface area contributed by atoms with E-state index in [1.165, 1.54) is 9.80 Å². The van der Waals surface area contributed by atoms with E-state index in [0.717, 1.165) is 22.3 Å². The summed E-state index contributed by atoms with van der Waals surface area (Å²) in [6.07, 6.45) is -3.13. The molecule has 420 valence electrons. The second kappa shape index (κ2) is 22.0. The van der Waals surface area contributed by atoms with Gasteiger partial charge in [-0.2, -0.15) is 36.3 Å². The van der Waals surface area contributed by atoms with Crippen molar-refractivity contribution in [2.24, 2.45) is 0 Å². The van der Waals surface area contributed by atoms with Gasteiger partial charge in [0.25, 0.3) is 11.8 Å². The third-order valence-electron chi connectivity index (χ3n) is 15.4. The molecule has 2 aliphatic heterocycles. The predicted molar refractivity (Wildman–Crippen MR) is 285 cm³/mol. The number of carbonyl (C=O) groups is 2. The number of anilines is 8. The maximum absolute atomic E-state index is 14.3. The summed E-state index contributed by atoms with van der Waals surface area (Å²) in [6, 6.07) is 19.8. The molecule has 6 aromatic rings. The number of fused-ring (bicyclic) bond motifs is 2. The molecule has 80 heavy (non-hydrogen) atoms. The van der Waals surface area contributed by atoms with Crippen LogP contribution in [0.25, 0.3) is 0 Å². The van der Waals surface area contributed by atoms with E-state index >= 15 is 0 Å². The van der Waals surface area contributed by atoms with Crippen LogP contribution in [0.15, 0.2) is 85.2 Å². The highest BCUT2D eigenvalue weighted by molar-refractivity contribution is 7.33. The lowest BCUT2D eigenvalue weighted by atomic mass is 9.75. The minimum absolute atomic E-state index is 0.0888. The fourth-order valence-corrected chi connectivity index (χ4v) is 11.5. The average molecular weight is 1130 g/mol. The number of nitrogens with one attached hydrogen (secondary N) is 4. The Morgan fingerprint density at radius 3 is 1.30 bits per heavy atom. The Hall–Kier alpha value is -7.30. The van der Waals surface area contributed by atoms with Crippen LogP contribution in [0.2, 0.25) is 0 Å². The van der Waals surface area contributed by atoms with Crippen LogP contribution in [0, 0.1) is 0 Å². The lowest BCUT2D eigenvalue weighted by Crippen LogP contribution is -2.30. The molecule has 10 rings (SSSR count). The Morgan fingerprint density at radius 1 is 0.588 bits per heavy atom. The lowest BCUT2D eigenvalue weighted by molar-refractivity contribution is -0.138. The number of amides is 2. The smallest absolute Gasteiger partial charge is 0.390 e. The molecule has 2 saturated carbocycles. The number of nitrogens with zero attached hydrogens (tertiary/aromatic N) is 6. The molecule has 2 aromatic heterocycles. The molecule has 24 heteroatoms. The summed E-state index contributed by atoms with van der Waals surface area (Å²) in [6.45, 7) is 3.94. The average Bonchev–Trinajstić information content (AvgIpc) is 4.04. The van der Waals surface area contributed by atoms with E-state index in [1.807, 2.05) is 12.1 Å². The van der Waals surface area contributed by atoms with Crippen LogP contribution >= 0.6 is 8.25 Å². The van der Waals surface area contributed by atoms with Crippen LogP contribution in [0.4, 0.5) is 72.6 Å². The third-order valence-corrected chi connectivity index (χ3v) is 16.1. The second-order valence-corrected chi connectivity index (χ2v) is 22.5. The van der Waals surface area contributed by atoms with Gasteiger partial charge in [-0.15, -0.1) is 9.05 Å². The number of alkyl halides is 6. The van der Waals surface area contributed by atoms with Crippen LogP contribution in [0.3, 0.4) is 0 Å². The van der Waals surface area contributed by atoms with Crippen LogP contribution in [0.1, 0.15) is 142 Å². The minimum Gasteiger partial charge on any atom is -0.390 e. The summed E-state index contributed by atoms with van der Waals surface area (Å²) in [5, 5.41) is 32.4. The van der Waals surface area contributed by atoms with Crippen molar-refractivity contribution >= 4 is 66.4 Å². The van der Waals surface area contributed by atoms with E-state index in [2.05, 4.69) is 41.2 Å². The van der Waals surface area contributed by atoms with Gasteiger partial charge in [-0.1, -0.05) is 36.4 Å². The van der Waals surface area contributed by atoms with E-state index in [0.29, 0.717) is 99.4 Å². The van der Waals surface area contributed by atoms with Crippen LogP contribution < -0.4 is 21.3 Å². The van der Waals surface area contributed by atoms with Crippen LogP contribution in [0.5, 0.6) is 0 Å². The molecule has 4 heterocycles. The van der Waals surface area contributed by atoms with Gasteiger partial charge in [0, 0.05) is 55.5 Å². The zero-order valence-electron chi connectivity index (χ0n) is 44.1. The van der Waals surface area contributed by atoms with Crippen molar-refractivity contribution in [3.63, 3.8) is 0 Å². The quantitative estimate of drug-likeness (QED) is 0.0392. The monoisotopic (exact) mass is 1130 g/mol. The first-order valence-corrected chi connectivity index (χ1v) is 27.1. The Labute approximate surface area is 457 Å². The number of aromatic nitrogens is 4. The largest absolute Gasteiger partial charge is 0.698 e. The molecule has 6 N–H and O–H groups in total. The molecular weight excluding hydrogens is 1070 g/mol. The number of halogens is 6. The number of aliphatic hydroxyl groups is 2. The summed E-state index contributed by atoms with van der Waals surface area (Å²) >= 11 is 0. The van der Waals surface area contributed by atoms with Crippen molar-refractivity contribution in [1.29, 1.82) is 0 Å². The first-order valence-electron chi connectivity index (χ1n) is 26.0. The molecular formula is C56H58F6N10O7P+. The van der Waals surface area contributed by atoms with E-state index < -0.39 is 54.6 Å². The van der Waals surface area contributed by atoms with Crippen molar-refractivity contribution in [2.75, 3.05) is 35.4 Å². The fourth-order valence-electron chi connectivity index (χ4n) is 10.9. The number of rotatable bonds is 16. The molecule has 0 bridgehead atoms. The van der Waals surface area contributed by atoms with E-state index in [4.69, 9.17) is 9.05 Å². The molecule has 0 atom stereocenters. The van der Waals surface area contributed by atoms with E-state index in [-0.39, 0.29) is 71.3 Å². The van der Waals surface area contributed by atoms with E-state index in [9.17, 15) is 50.7 Å². The van der Waals surface area contributed by atoms with Gasteiger partial charge in [0.05, 0.1) is 33.7 Å². The molecule has 17 nitrogen and oxygen atoms in total. The molecule has 0 saturated heterocycles. The molecule has 0 unspecified atom stereocenters. The normalized spacial score (nSPS) is 21.3. The van der Waals surface area contributed by atoms with Gasteiger partial charge < -0.3 is 41.3 Å². The molecule has 4 aromatic carbocycles. The van der Waals surface area contributed by atoms with Gasteiger partial charge in [-0.05, 0) is 147 Å². The number of hydrogen-bond donors (Lipinski definition) is 6. The summed E-state index contributed by atoms with van der Waals surface area (Å²) in [4.78, 5) is 46.1. The number of carbonyl (C=O) groups excluding carboxylic acids is 2. The maximum Gasteiger partial charge on any atom is 0.698 e. The zero-order chi connectivity index (χ0) is 56.9. The third kappa shape index (κ3) is 12.4. The fraction of sp³-hybridized carbons (Fsp3) is 0.393. The minimum atomic E-state index is -4.83. The van der Waals surface area contributed by atoms with Crippen LogP contribution in [-0.4, -0.2) is 77.1 Å². The van der Waals surface area contributed by atoms with Crippen molar-refractivity contribution < 1.29 is 59.8 Å². The van der Waals surface area contributed by atoms with Crippen LogP contribution in [-0.2, 0) is 52.3 Å². The summed E-state index contributed by atoms with van der Waals surface area (Å²) in [5.74, 6) is -1.92. The molecule has 0 spiro atoms. The lowest BCUT2D eigenvalue weighted by Gasteiger charge is -2.34. The van der Waals surface area contributed by atoms with Gasteiger partial charge >= 0.3 is 20.6 Å². The highest BCUT2D eigenvalue weighted by Gasteiger charge is 2.41. The van der Waals surface area contributed by atoms with E-state index in [1.54, 1.807) is 88.6 Å². The first kappa shape index (κ1) is 56.0. The van der Waals surface area contributed by atoms with Gasteiger partial charge in [-0.25, -0.2) is 9.97 Å². The SMILES string of the molecule is CN1Cc2c(C3CCC(C)(O)CC3)ccc(Nc3nc(Nc4ccc(CO[P+](=O)OCc5ccc(Nc6ncc(C(F)(F)F)c(Nc7ccc(C8CCC(C)(O)CC8)c8c7C(=O)N(C)C8)n6)cc5)cc4)ncc3C(F)(F)F)c2C1=O. The van der Waals surface area contributed by atoms with Crippen molar-refractivity contribution in [3.8, 4) is 0 Å². The molecule has 2 aliphatic carbocycles. The zero-order valence-corrected chi connectivity index (χ0v) is 45.0. The van der Waals surface area contributed by atoms with Gasteiger partial charge in [0.2, 0.25) is 11.9 Å². The highest BCUT2D eigenvalue weighted by Crippen LogP contribution is 2.47. The van der Waals surface area contributed by atoms with Gasteiger partial charge in [0.15, 0.2) is 0 Å². The summed E-state index contributed by atoms with van der Waals surface area (Å²) in [7, 11) is 0.654. The second-order valence-electron chi connectivity index (χ2n) is 21.5. The Morgan fingerprint density at radius 2 is 0.950 bits per heavy atom. The first-order chi connectivity index (χ1) is 37.9. The molecule has 2 amide bonds. The number of hydrogen-bond acceptors (Lipinski definition) is 15. The molecule has 4 aliphatic rings. The van der Waals surface area contributed by atoms with Crippen molar-refractivity contribution in [1.82, 2.24) is 29.7 Å². The summed E-state index contributed by atoms with van der Waals surface area (Å²) < 4.78 is 110. The summed E-state index contributed by atoms with van der Waals surface area (Å²) in [5.41, 5.74) is 2.46. The standard InChI is InChI=1S/C56H57F6N10O7P/c1-53(75)21-17-33(18-22-53)37-13-15-43(45-39(37)27-71(3)49(45)73)67-47-41(55(57,58)59)25-63-51(69-47)65-35-9-5-31(6-10-35)29-78-80(77)79-30-32-7-11-36(12-8-32)66-52-64-26-42(56(60,61)62)48(70-52)68-44-16-14-38(34-19-23-54(2,76)24-20-34)40-28-72(4)50(74)46(40)44/h5-16,25-26,33-34,75-76H,17-24,27-30H2,1-4H3,(H3-,63,64,65,66,67,68,69,70,73,74)/p+1. The highest BCUT2D eigenvalue weighted by atomic mass is 31.1. The predicted octanol–water partition coefficient (Wildman–Crippen LogP) is 12.7. The Bertz CT molecular complexity index is 3130. The molecule has 0 radical (unpaired) electrons. The molecule has 2 fully saturated rings. The van der Waals surface area contributed by atoms with Crippen molar-refractivity contribution in [2.45, 2.75) is 127 Å². The topological polar surface area (TPSA) is 216 Å².